The largest absolute Gasteiger partial charge is 0.399 e. The second-order valence-corrected chi connectivity index (χ2v) is 8.46. The van der Waals surface area contributed by atoms with Crippen LogP contribution in [-0.4, -0.2) is 0 Å². The molecular weight excluding hydrogens is 340 g/mol. The van der Waals surface area contributed by atoms with E-state index < -0.39 is 0 Å². The van der Waals surface area contributed by atoms with Crippen LogP contribution >= 0.6 is 0 Å². The van der Waals surface area contributed by atoms with E-state index in [0.717, 1.165) is 30.1 Å². The smallest absolute Gasteiger partial charge is 0.0314 e. The highest BCUT2D eigenvalue weighted by atomic mass is 14.5. The zero-order chi connectivity index (χ0) is 19.6. The van der Waals surface area contributed by atoms with E-state index in [1.54, 1.807) is 0 Å². The molecule has 28 heavy (non-hydrogen) atoms. The molecule has 0 bridgehead atoms. The summed E-state index contributed by atoms with van der Waals surface area (Å²) < 4.78 is 0. The number of rotatable bonds is 4. The maximum absolute atomic E-state index is 5.96. The lowest BCUT2D eigenvalue weighted by molar-refractivity contribution is 0.264. The topological polar surface area (TPSA) is 52.0 Å². The van der Waals surface area contributed by atoms with Crippen molar-refractivity contribution in [3.63, 3.8) is 0 Å². The molecule has 0 aliphatic heterocycles. The Morgan fingerprint density at radius 2 is 1.18 bits per heavy atom. The van der Waals surface area contributed by atoms with Gasteiger partial charge in [-0.2, -0.15) is 0 Å². The minimum atomic E-state index is 0.0607. The fourth-order valence-electron chi connectivity index (χ4n) is 4.78. The van der Waals surface area contributed by atoms with Gasteiger partial charge in [0.2, 0.25) is 0 Å². The Morgan fingerprint density at radius 3 is 1.64 bits per heavy atom. The molecular formula is C26H30N2. The third-order valence-corrected chi connectivity index (χ3v) is 6.53. The van der Waals surface area contributed by atoms with E-state index >= 15 is 0 Å². The summed E-state index contributed by atoms with van der Waals surface area (Å²) in [5.74, 6) is 0.749. The maximum Gasteiger partial charge on any atom is 0.0314 e. The van der Waals surface area contributed by atoms with Gasteiger partial charge in [0.25, 0.3) is 0 Å². The van der Waals surface area contributed by atoms with Crippen LogP contribution in [0.3, 0.4) is 0 Å². The number of nitrogen functional groups attached to an aromatic ring is 2. The van der Waals surface area contributed by atoms with Gasteiger partial charge in [0.05, 0.1) is 0 Å². The lowest BCUT2D eigenvalue weighted by atomic mass is 9.62. The third kappa shape index (κ3) is 3.77. The molecule has 144 valence electrons. The van der Waals surface area contributed by atoms with Crippen LogP contribution in [0.5, 0.6) is 0 Å². The van der Waals surface area contributed by atoms with Gasteiger partial charge in [0, 0.05) is 16.8 Å². The van der Waals surface area contributed by atoms with E-state index in [2.05, 4.69) is 55.5 Å². The van der Waals surface area contributed by atoms with Crippen molar-refractivity contribution in [3.05, 3.63) is 95.1 Å². The van der Waals surface area contributed by atoms with Crippen LogP contribution in [0.4, 0.5) is 11.4 Å². The second-order valence-electron chi connectivity index (χ2n) is 8.46. The summed E-state index contributed by atoms with van der Waals surface area (Å²) in [4.78, 5) is 0. The Balaban J connectivity index is 1.58. The molecule has 4 rings (SSSR count). The Kier molecular flexibility index (Phi) is 5.13. The Hall–Kier alpha value is -2.74. The first-order valence-electron chi connectivity index (χ1n) is 10.3. The highest BCUT2D eigenvalue weighted by Crippen LogP contribution is 2.47. The molecule has 0 radical (unpaired) electrons. The van der Waals surface area contributed by atoms with Crippen molar-refractivity contribution in [3.8, 4) is 0 Å². The molecule has 1 saturated carbocycles. The molecule has 3 aromatic carbocycles. The van der Waals surface area contributed by atoms with Gasteiger partial charge in [0.1, 0.15) is 0 Å². The van der Waals surface area contributed by atoms with Gasteiger partial charge in [-0.25, -0.2) is 0 Å². The Labute approximate surface area is 168 Å². The summed E-state index contributed by atoms with van der Waals surface area (Å²) in [6.07, 6.45) is 5.99. The first-order chi connectivity index (χ1) is 13.5. The number of hydrogen-bond donors (Lipinski definition) is 2. The molecule has 0 atom stereocenters. The molecule has 3 aromatic rings. The predicted octanol–water partition coefficient (Wildman–Crippen LogP) is 5.88. The fraction of sp³-hybridized carbons (Fsp3) is 0.308. The summed E-state index contributed by atoms with van der Waals surface area (Å²) in [6, 6.07) is 26.0. The van der Waals surface area contributed by atoms with Crippen molar-refractivity contribution in [2.45, 2.75) is 44.4 Å². The first kappa shape index (κ1) is 18.6. The van der Waals surface area contributed by atoms with Crippen LogP contribution in [0.15, 0.2) is 72.8 Å². The Bertz CT molecular complexity index is 853. The van der Waals surface area contributed by atoms with Gasteiger partial charge in [-0.1, -0.05) is 54.1 Å². The maximum atomic E-state index is 5.96. The number of nitrogens with two attached hydrogens (primary N) is 2. The zero-order valence-corrected chi connectivity index (χ0v) is 16.7. The summed E-state index contributed by atoms with van der Waals surface area (Å²) in [6.45, 7) is 2.15. The van der Waals surface area contributed by atoms with Crippen molar-refractivity contribution >= 4 is 11.4 Å². The van der Waals surface area contributed by atoms with Gasteiger partial charge in [-0.05, 0) is 85.9 Å². The first-order valence-corrected chi connectivity index (χ1v) is 10.3. The summed E-state index contributed by atoms with van der Waals surface area (Å²) in [5, 5.41) is 0. The molecule has 0 unspecified atom stereocenters. The van der Waals surface area contributed by atoms with Crippen molar-refractivity contribution in [2.75, 3.05) is 11.5 Å². The number of aryl methyl sites for hydroxylation is 1. The average molecular weight is 371 g/mol. The quantitative estimate of drug-likeness (QED) is 0.564. The third-order valence-electron chi connectivity index (χ3n) is 6.53. The van der Waals surface area contributed by atoms with Crippen LogP contribution in [0.1, 0.15) is 47.9 Å². The van der Waals surface area contributed by atoms with E-state index in [4.69, 9.17) is 11.5 Å². The standard InChI is InChI=1S/C26H30N2/c1-19-2-4-20(5-3-19)18-21-14-16-26(17-15-21,22-6-10-24(27)11-7-22)23-8-12-25(28)13-9-23/h2-13,21H,14-18,27-28H2,1H3. The molecule has 0 amide bonds. The summed E-state index contributed by atoms with van der Waals surface area (Å²) in [7, 11) is 0. The van der Waals surface area contributed by atoms with E-state index in [-0.39, 0.29) is 5.41 Å². The number of benzene rings is 3. The molecule has 0 heterocycles. The van der Waals surface area contributed by atoms with Gasteiger partial charge in [0.15, 0.2) is 0 Å². The minimum absolute atomic E-state index is 0.0607. The van der Waals surface area contributed by atoms with Gasteiger partial charge < -0.3 is 11.5 Å². The van der Waals surface area contributed by atoms with Crippen molar-refractivity contribution in [2.24, 2.45) is 5.92 Å². The zero-order valence-electron chi connectivity index (χ0n) is 16.7. The molecule has 0 saturated heterocycles. The van der Waals surface area contributed by atoms with Gasteiger partial charge in [-0.15, -0.1) is 0 Å². The molecule has 1 aliphatic rings. The fourth-order valence-corrected chi connectivity index (χ4v) is 4.78. The van der Waals surface area contributed by atoms with Crippen LogP contribution < -0.4 is 11.5 Å². The van der Waals surface area contributed by atoms with E-state index in [1.807, 2.05) is 24.3 Å². The van der Waals surface area contributed by atoms with Crippen molar-refractivity contribution in [1.82, 2.24) is 0 Å². The second kappa shape index (κ2) is 7.71. The lowest BCUT2D eigenvalue weighted by Crippen LogP contribution is -2.33. The molecule has 4 N–H and O–H groups in total. The normalized spacial score (nSPS) is 16.8. The molecule has 1 aliphatic carbocycles. The summed E-state index contributed by atoms with van der Waals surface area (Å²) in [5.41, 5.74) is 19.2. The van der Waals surface area contributed by atoms with E-state index in [0.29, 0.717) is 0 Å². The average Bonchev–Trinajstić information content (AvgIpc) is 2.72. The van der Waals surface area contributed by atoms with Gasteiger partial charge >= 0.3 is 0 Å². The van der Waals surface area contributed by atoms with Crippen LogP contribution in [0, 0.1) is 12.8 Å². The monoisotopic (exact) mass is 370 g/mol. The number of hydrogen-bond acceptors (Lipinski definition) is 2. The highest BCUT2D eigenvalue weighted by molar-refractivity contribution is 5.49. The molecule has 0 aromatic heterocycles. The van der Waals surface area contributed by atoms with E-state index in [9.17, 15) is 0 Å². The van der Waals surface area contributed by atoms with Crippen LogP contribution in [-0.2, 0) is 11.8 Å². The van der Waals surface area contributed by atoms with Crippen LogP contribution in [0.25, 0.3) is 0 Å². The Morgan fingerprint density at radius 1 is 0.714 bits per heavy atom. The minimum Gasteiger partial charge on any atom is -0.399 e. The predicted molar refractivity (Wildman–Crippen MR) is 119 cm³/mol. The lowest BCUT2D eigenvalue weighted by Gasteiger charge is -2.41. The summed E-state index contributed by atoms with van der Waals surface area (Å²) >= 11 is 0. The molecule has 2 heteroatoms. The van der Waals surface area contributed by atoms with Crippen molar-refractivity contribution in [1.29, 1.82) is 0 Å². The molecule has 1 fully saturated rings. The van der Waals surface area contributed by atoms with Crippen molar-refractivity contribution < 1.29 is 0 Å². The van der Waals surface area contributed by atoms with Crippen LogP contribution in [0.2, 0.25) is 0 Å². The molecule has 2 nitrogen and oxygen atoms in total. The number of anilines is 2. The van der Waals surface area contributed by atoms with E-state index in [1.165, 1.54) is 41.5 Å². The molecule has 0 spiro atoms. The SMILES string of the molecule is Cc1ccc(CC2CCC(c3ccc(N)cc3)(c3ccc(N)cc3)CC2)cc1. The highest BCUT2D eigenvalue weighted by Gasteiger charge is 2.38. The van der Waals surface area contributed by atoms with Gasteiger partial charge in [-0.3, -0.25) is 0 Å².